The van der Waals surface area contributed by atoms with Gasteiger partial charge in [0.2, 0.25) is 0 Å². The highest BCUT2D eigenvalue weighted by Gasteiger charge is 2.23. The van der Waals surface area contributed by atoms with Gasteiger partial charge in [0.1, 0.15) is 5.60 Å². The van der Waals surface area contributed by atoms with E-state index in [1.54, 1.807) is 0 Å². The van der Waals surface area contributed by atoms with E-state index >= 15 is 0 Å². The maximum absolute atomic E-state index is 11.7. The first-order valence-corrected chi connectivity index (χ1v) is 6.36. The third-order valence-corrected chi connectivity index (χ3v) is 2.93. The zero-order chi connectivity index (χ0) is 12.6. The fourth-order valence-electron chi connectivity index (χ4n) is 1.22. The molecule has 0 N–H and O–H groups in total. The van der Waals surface area contributed by atoms with Gasteiger partial charge in [-0.15, -0.1) is 0 Å². The fourth-order valence-corrected chi connectivity index (χ4v) is 1.22. The van der Waals surface area contributed by atoms with Crippen LogP contribution in [0.3, 0.4) is 0 Å². The summed E-state index contributed by atoms with van der Waals surface area (Å²) in [6.45, 7) is 9.95. The van der Waals surface area contributed by atoms with E-state index in [0.717, 1.165) is 32.1 Å². The van der Waals surface area contributed by atoms with E-state index in [1.165, 1.54) is 0 Å². The van der Waals surface area contributed by atoms with Gasteiger partial charge >= 0.3 is 5.97 Å². The van der Waals surface area contributed by atoms with E-state index < -0.39 is 5.60 Å². The van der Waals surface area contributed by atoms with Crippen LogP contribution in [0.4, 0.5) is 0 Å². The smallest absolute Gasteiger partial charge is 0.298 e. The summed E-state index contributed by atoms with van der Waals surface area (Å²) in [6.07, 6.45) is 4.68. The van der Waals surface area contributed by atoms with Crippen LogP contribution in [0, 0.1) is 5.92 Å². The molecule has 0 aliphatic heterocycles. The maximum Gasteiger partial charge on any atom is 0.345 e. The molecule has 16 heavy (non-hydrogen) atoms. The summed E-state index contributed by atoms with van der Waals surface area (Å²) in [6, 6.07) is 0. The van der Waals surface area contributed by atoms with Crippen molar-refractivity contribution >= 4 is 5.97 Å². The third-order valence-electron chi connectivity index (χ3n) is 2.93. The number of hydrogen-bond donors (Lipinski definition) is 0. The largest absolute Gasteiger partial charge is 0.345 e. The van der Waals surface area contributed by atoms with E-state index in [-0.39, 0.29) is 11.9 Å². The molecule has 0 heterocycles. The van der Waals surface area contributed by atoms with Crippen LogP contribution < -0.4 is 0 Å². The van der Waals surface area contributed by atoms with Gasteiger partial charge in [-0.3, -0.25) is 4.89 Å². The van der Waals surface area contributed by atoms with Gasteiger partial charge in [-0.2, -0.15) is 4.89 Å². The molecule has 0 bridgehead atoms. The Balaban J connectivity index is 4.01. The molecule has 0 fully saturated rings. The zero-order valence-corrected chi connectivity index (χ0v) is 11.3. The number of carbonyl (C=O) groups is 1. The Bertz CT molecular complexity index is 199. The molecular weight excluding hydrogens is 204 g/mol. The van der Waals surface area contributed by atoms with Crippen molar-refractivity contribution in [1.82, 2.24) is 0 Å². The SMILES string of the molecule is CCCC[C@H](CC)C(=O)OOC(C)(C)CC. The molecule has 0 radical (unpaired) electrons. The molecule has 0 unspecified atom stereocenters. The van der Waals surface area contributed by atoms with Crippen molar-refractivity contribution in [2.45, 2.75) is 72.3 Å². The van der Waals surface area contributed by atoms with Gasteiger partial charge in [-0.05, 0) is 33.1 Å². The Morgan fingerprint density at radius 2 is 1.88 bits per heavy atom. The summed E-state index contributed by atoms with van der Waals surface area (Å²) < 4.78 is 0. The van der Waals surface area contributed by atoms with Gasteiger partial charge in [-0.1, -0.05) is 33.6 Å². The predicted molar refractivity (Wildman–Crippen MR) is 64.9 cm³/mol. The Morgan fingerprint density at radius 1 is 1.25 bits per heavy atom. The van der Waals surface area contributed by atoms with Crippen LogP contribution in [0.25, 0.3) is 0 Å². The Morgan fingerprint density at radius 3 is 2.31 bits per heavy atom. The molecule has 0 aliphatic carbocycles. The lowest BCUT2D eigenvalue weighted by molar-refractivity contribution is -0.328. The summed E-state index contributed by atoms with van der Waals surface area (Å²) in [5.74, 6) is -0.245. The van der Waals surface area contributed by atoms with Crippen LogP contribution in [-0.2, 0) is 14.6 Å². The van der Waals surface area contributed by atoms with Gasteiger partial charge in [0, 0.05) is 0 Å². The van der Waals surface area contributed by atoms with Gasteiger partial charge in [0.15, 0.2) is 0 Å². The van der Waals surface area contributed by atoms with Crippen molar-refractivity contribution in [3.63, 3.8) is 0 Å². The van der Waals surface area contributed by atoms with Crippen LogP contribution in [0.5, 0.6) is 0 Å². The van der Waals surface area contributed by atoms with E-state index in [9.17, 15) is 4.79 Å². The fraction of sp³-hybridized carbons (Fsp3) is 0.923. The first-order chi connectivity index (χ1) is 7.46. The van der Waals surface area contributed by atoms with E-state index in [1.807, 2.05) is 27.7 Å². The second kappa shape index (κ2) is 7.66. The van der Waals surface area contributed by atoms with E-state index in [2.05, 4.69) is 6.92 Å². The highest BCUT2D eigenvalue weighted by Crippen LogP contribution is 2.18. The average Bonchev–Trinajstić information content (AvgIpc) is 2.27. The highest BCUT2D eigenvalue weighted by molar-refractivity contribution is 5.71. The molecule has 0 aliphatic rings. The topological polar surface area (TPSA) is 35.5 Å². The van der Waals surface area contributed by atoms with Crippen LogP contribution in [0.1, 0.15) is 66.7 Å². The minimum Gasteiger partial charge on any atom is -0.298 e. The molecule has 0 rings (SSSR count). The van der Waals surface area contributed by atoms with Crippen LogP contribution in [-0.4, -0.2) is 11.6 Å². The monoisotopic (exact) mass is 230 g/mol. The molecule has 0 amide bonds. The molecular formula is C13H26O3. The summed E-state index contributed by atoms with van der Waals surface area (Å²) in [4.78, 5) is 21.8. The summed E-state index contributed by atoms with van der Waals surface area (Å²) >= 11 is 0. The van der Waals surface area contributed by atoms with Crippen LogP contribution in [0.15, 0.2) is 0 Å². The second-order valence-electron chi connectivity index (χ2n) is 4.85. The summed E-state index contributed by atoms with van der Waals surface area (Å²) in [5, 5.41) is 0. The van der Waals surface area contributed by atoms with Crippen molar-refractivity contribution in [1.29, 1.82) is 0 Å². The van der Waals surface area contributed by atoms with Crippen molar-refractivity contribution in [2.75, 3.05) is 0 Å². The molecule has 3 nitrogen and oxygen atoms in total. The van der Waals surface area contributed by atoms with Crippen molar-refractivity contribution in [3.05, 3.63) is 0 Å². The molecule has 0 aromatic rings. The standard InChI is InChI=1S/C13H26O3/c1-6-9-10-11(7-2)12(14)15-16-13(4,5)8-3/h11H,6-10H2,1-5H3/t11-/m0/s1. The molecule has 0 aromatic heterocycles. The normalized spacial score (nSPS) is 13.6. The number of rotatable bonds is 8. The minimum absolute atomic E-state index is 0.0207. The molecule has 0 saturated carbocycles. The Kier molecular flexibility index (Phi) is 7.39. The van der Waals surface area contributed by atoms with Crippen LogP contribution in [0.2, 0.25) is 0 Å². The lowest BCUT2D eigenvalue weighted by Gasteiger charge is -2.22. The minimum atomic E-state index is -0.390. The molecule has 0 aromatic carbocycles. The van der Waals surface area contributed by atoms with Gasteiger partial charge in [-0.25, -0.2) is 4.79 Å². The number of unbranched alkanes of at least 4 members (excludes halogenated alkanes) is 1. The van der Waals surface area contributed by atoms with Gasteiger partial charge in [0.25, 0.3) is 0 Å². The van der Waals surface area contributed by atoms with Crippen molar-refractivity contribution < 1.29 is 14.6 Å². The number of hydrogen-bond acceptors (Lipinski definition) is 3. The molecule has 1 atom stereocenters. The van der Waals surface area contributed by atoms with E-state index in [4.69, 9.17) is 9.78 Å². The van der Waals surface area contributed by atoms with Crippen molar-refractivity contribution in [2.24, 2.45) is 5.92 Å². The molecule has 0 spiro atoms. The maximum atomic E-state index is 11.7. The van der Waals surface area contributed by atoms with Crippen LogP contribution >= 0.6 is 0 Å². The Labute approximate surface area is 99.4 Å². The lowest BCUT2D eigenvalue weighted by Crippen LogP contribution is -2.27. The molecule has 96 valence electrons. The summed E-state index contributed by atoms with van der Waals surface area (Å²) in [5.41, 5.74) is -0.390. The van der Waals surface area contributed by atoms with Gasteiger partial charge in [0.05, 0.1) is 5.92 Å². The lowest BCUT2D eigenvalue weighted by atomic mass is 10.00. The average molecular weight is 230 g/mol. The third kappa shape index (κ3) is 6.11. The van der Waals surface area contributed by atoms with Gasteiger partial charge < -0.3 is 0 Å². The molecule has 0 saturated heterocycles. The second-order valence-corrected chi connectivity index (χ2v) is 4.85. The first-order valence-electron chi connectivity index (χ1n) is 6.36. The number of carbonyl (C=O) groups excluding carboxylic acids is 1. The Hall–Kier alpha value is -0.570. The quantitative estimate of drug-likeness (QED) is 0.469. The van der Waals surface area contributed by atoms with Crippen molar-refractivity contribution in [3.8, 4) is 0 Å². The van der Waals surface area contributed by atoms with E-state index in [0.29, 0.717) is 0 Å². The summed E-state index contributed by atoms with van der Waals surface area (Å²) in [7, 11) is 0. The predicted octanol–water partition coefficient (Wildman–Crippen LogP) is 3.87. The highest BCUT2D eigenvalue weighted by atomic mass is 17.2. The molecule has 3 heteroatoms. The zero-order valence-electron chi connectivity index (χ0n) is 11.3. The first kappa shape index (κ1) is 15.4.